The van der Waals surface area contributed by atoms with Crippen molar-refractivity contribution in [2.45, 2.75) is 171 Å². The monoisotopic (exact) mass is 915 g/mol. The number of aliphatic carboxylic acids is 1. The third-order valence-electron chi connectivity index (χ3n) is 19.9. The molecule has 4 N–H and O–H groups in total. The van der Waals surface area contributed by atoms with Gasteiger partial charge in [0.2, 0.25) is 5.91 Å². The highest BCUT2D eigenvalue weighted by molar-refractivity contribution is 6.01. The van der Waals surface area contributed by atoms with Crippen LogP contribution in [0.1, 0.15) is 157 Å². The fourth-order valence-corrected chi connectivity index (χ4v) is 15.7. The molecule has 0 aromatic heterocycles. The van der Waals surface area contributed by atoms with Crippen LogP contribution in [0.4, 0.5) is 0 Å². The average molecular weight is 915 g/mol. The summed E-state index contributed by atoms with van der Waals surface area (Å²) >= 11 is 0. The predicted molar refractivity (Wildman–Crippen MR) is 249 cm³/mol. The first-order valence-corrected chi connectivity index (χ1v) is 25.1. The van der Waals surface area contributed by atoms with Gasteiger partial charge in [0.05, 0.1) is 31.2 Å². The zero-order valence-electron chi connectivity index (χ0n) is 41.6. The van der Waals surface area contributed by atoms with Crippen molar-refractivity contribution >= 4 is 29.5 Å². The molecule has 12 atom stereocenters. The number of ketones is 1. The Bertz CT molecular complexity index is 2150. The van der Waals surface area contributed by atoms with Crippen molar-refractivity contribution in [1.29, 1.82) is 0 Å². The number of carbonyl (C=O) groups excluding carboxylic acids is 4. The SMILES string of the molecule is CC(C)C1=C2[C@H]3CC[C@@H]4[C@@]5(C)CC[C@H](OC(=O)[C@H]6C[C@@H](C(=O)O)C6(C)C)C(C)(C)[C@@H]5CC[C@@]4(C)[C@]3(C)CC[C@@]2([C@@H](O)CNC(=O)C(C)(C)NC(=O)c2ccc(O[C@@H]3CCOC3)cc2)CC1=O. The molecule has 1 aromatic carbocycles. The summed E-state index contributed by atoms with van der Waals surface area (Å²) in [5.41, 5.74) is -0.782. The van der Waals surface area contributed by atoms with Crippen LogP contribution in [0.2, 0.25) is 0 Å². The van der Waals surface area contributed by atoms with E-state index in [2.05, 4.69) is 59.1 Å². The number of ether oxygens (including phenoxy) is 3. The number of carboxylic acid groups (broad SMARTS) is 1. The Balaban J connectivity index is 0.965. The Kier molecular flexibility index (Phi) is 12.3. The lowest BCUT2D eigenvalue weighted by molar-refractivity contribution is -0.238. The van der Waals surface area contributed by atoms with Gasteiger partial charge in [-0.15, -0.1) is 0 Å². The molecule has 6 aliphatic carbocycles. The quantitative estimate of drug-likeness (QED) is 0.149. The fourth-order valence-electron chi connectivity index (χ4n) is 15.7. The molecule has 8 rings (SSSR count). The Labute approximate surface area is 392 Å². The highest BCUT2D eigenvalue weighted by atomic mass is 16.6. The van der Waals surface area contributed by atoms with Crippen molar-refractivity contribution in [2.24, 2.45) is 68.0 Å². The predicted octanol–water partition coefficient (Wildman–Crippen LogP) is 8.48. The molecule has 12 heteroatoms. The van der Waals surface area contributed by atoms with Crippen molar-refractivity contribution in [2.75, 3.05) is 19.8 Å². The lowest BCUT2D eigenvalue weighted by atomic mass is 9.33. The van der Waals surface area contributed by atoms with E-state index in [1.807, 2.05) is 13.8 Å². The highest BCUT2D eigenvalue weighted by Gasteiger charge is 2.71. The second-order valence-electron chi connectivity index (χ2n) is 24.6. The van der Waals surface area contributed by atoms with Gasteiger partial charge in [-0.25, -0.2) is 0 Å². The van der Waals surface area contributed by atoms with Crippen LogP contribution >= 0.6 is 0 Å². The number of fused-ring (bicyclic) bond motifs is 7. The largest absolute Gasteiger partial charge is 0.488 e. The van der Waals surface area contributed by atoms with Crippen molar-refractivity contribution in [1.82, 2.24) is 10.6 Å². The van der Waals surface area contributed by atoms with Gasteiger partial charge in [0.25, 0.3) is 5.91 Å². The Morgan fingerprint density at radius 2 is 1.55 bits per heavy atom. The third kappa shape index (κ3) is 7.56. The van der Waals surface area contributed by atoms with Gasteiger partial charge < -0.3 is 35.1 Å². The number of amides is 2. The number of rotatable bonds is 12. The Morgan fingerprint density at radius 1 is 0.848 bits per heavy atom. The van der Waals surface area contributed by atoms with E-state index in [1.165, 1.54) is 0 Å². The van der Waals surface area contributed by atoms with E-state index in [0.29, 0.717) is 49.2 Å². The van der Waals surface area contributed by atoms with Crippen molar-refractivity contribution in [3.63, 3.8) is 0 Å². The van der Waals surface area contributed by atoms with E-state index < -0.39 is 52.1 Å². The molecule has 1 aromatic rings. The molecule has 66 heavy (non-hydrogen) atoms. The van der Waals surface area contributed by atoms with Gasteiger partial charge in [-0.3, -0.25) is 24.0 Å². The van der Waals surface area contributed by atoms with Gasteiger partial charge in [-0.2, -0.15) is 0 Å². The molecule has 5 saturated carbocycles. The van der Waals surface area contributed by atoms with Gasteiger partial charge in [0.15, 0.2) is 5.78 Å². The first-order chi connectivity index (χ1) is 30.7. The van der Waals surface area contributed by atoms with E-state index >= 15 is 0 Å². The lowest BCUT2D eigenvalue weighted by Crippen LogP contribution is -2.66. The summed E-state index contributed by atoms with van der Waals surface area (Å²) in [6.07, 6.45) is 7.29. The maximum Gasteiger partial charge on any atom is 0.309 e. The van der Waals surface area contributed by atoms with Crippen LogP contribution in [0.15, 0.2) is 35.4 Å². The number of hydrogen-bond donors (Lipinski definition) is 4. The number of benzene rings is 1. The molecular formula is C54H78N2O10. The Hall–Kier alpha value is -3.77. The van der Waals surface area contributed by atoms with E-state index in [0.717, 1.165) is 62.5 Å². The van der Waals surface area contributed by atoms with Gasteiger partial charge in [0, 0.05) is 35.8 Å². The van der Waals surface area contributed by atoms with Crippen LogP contribution in [-0.2, 0) is 28.7 Å². The number of carbonyl (C=O) groups is 5. The molecule has 2 amide bonds. The second kappa shape index (κ2) is 16.7. The number of aliphatic hydroxyl groups is 1. The molecule has 0 unspecified atom stereocenters. The molecule has 1 aliphatic heterocycles. The van der Waals surface area contributed by atoms with Crippen LogP contribution in [0.25, 0.3) is 0 Å². The number of Topliss-reactive ketones (excluding diaryl/α,β-unsaturated/α-hetero) is 1. The zero-order valence-corrected chi connectivity index (χ0v) is 41.6. The van der Waals surface area contributed by atoms with E-state index in [9.17, 15) is 34.2 Å². The number of allylic oxidation sites excluding steroid dienone is 1. The lowest BCUT2D eigenvalue weighted by Gasteiger charge is -2.72. The summed E-state index contributed by atoms with van der Waals surface area (Å²) in [4.78, 5) is 67.0. The smallest absolute Gasteiger partial charge is 0.309 e. The maximum absolute atomic E-state index is 14.3. The first-order valence-electron chi connectivity index (χ1n) is 25.1. The number of carboxylic acids is 1. The van der Waals surface area contributed by atoms with Crippen LogP contribution in [0, 0.1) is 68.0 Å². The van der Waals surface area contributed by atoms with Crippen molar-refractivity contribution in [3.05, 3.63) is 41.0 Å². The zero-order chi connectivity index (χ0) is 48.2. The maximum atomic E-state index is 14.3. The van der Waals surface area contributed by atoms with Gasteiger partial charge in [0.1, 0.15) is 23.5 Å². The van der Waals surface area contributed by atoms with E-state index in [4.69, 9.17) is 14.2 Å². The average Bonchev–Trinajstić information content (AvgIpc) is 3.86. The van der Waals surface area contributed by atoms with Crippen LogP contribution in [0.3, 0.4) is 0 Å². The van der Waals surface area contributed by atoms with Gasteiger partial charge in [-0.1, -0.05) is 67.9 Å². The molecule has 6 fully saturated rings. The highest BCUT2D eigenvalue weighted by Crippen LogP contribution is 2.77. The van der Waals surface area contributed by atoms with Crippen LogP contribution in [0.5, 0.6) is 5.75 Å². The molecule has 7 aliphatic rings. The third-order valence-corrected chi connectivity index (χ3v) is 19.9. The number of esters is 1. The minimum Gasteiger partial charge on any atom is -0.488 e. The topological polar surface area (TPSA) is 178 Å². The fraction of sp³-hybridized carbons (Fsp3) is 0.759. The molecule has 12 nitrogen and oxygen atoms in total. The van der Waals surface area contributed by atoms with Gasteiger partial charge in [-0.05, 0) is 147 Å². The van der Waals surface area contributed by atoms with Crippen molar-refractivity contribution in [3.8, 4) is 5.75 Å². The molecule has 0 spiro atoms. The molecule has 0 bridgehead atoms. The molecule has 364 valence electrons. The number of hydrogen-bond acceptors (Lipinski definition) is 9. The summed E-state index contributed by atoms with van der Waals surface area (Å²) in [6.45, 7) is 24.4. The summed E-state index contributed by atoms with van der Waals surface area (Å²) < 4.78 is 17.8. The van der Waals surface area contributed by atoms with Crippen molar-refractivity contribution < 1.29 is 48.4 Å². The normalized spacial score (nSPS) is 38.2. The number of aliphatic hydroxyl groups excluding tert-OH is 1. The molecule has 1 saturated heterocycles. The van der Waals surface area contributed by atoms with E-state index in [1.54, 1.807) is 38.1 Å². The second-order valence-corrected chi connectivity index (χ2v) is 24.6. The number of nitrogens with one attached hydrogen (secondary N) is 2. The van der Waals surface area contributed by atoms with Crippen LogP contribution in [-0.4, -0.2) is 83.4 Å². The van der Waals surface area contributed by atoms with Gasteiger partial charge >= 0.3 is 11.9 Å². The first kappa shape index (κ1) is 48.7. The van der Waals surface area contributed by atoms with Crippen LogP contribution < -0.4 is 15.4 Å². The Morgan fingerprint density at radius 3 is 2.17 bits per heavy atom. The van der Waals surface area contributed by atoms with E-state index in [-0.39, 0.29) is 70.4 Å². The molecular weight excluding hydrogens is 837 g/mol. The minimum atomic E-state index is -1.29. The standard InChI is InChI=1S/C54H78N2O10/c1-30(2)42-37(57)27-54(40(58)28-55-47(63)50(7,8)56-44(59)31-12-14-32(15-13-31)65-33-20-25-64-29-33)24-23-52(10)34(43(42)54)16-17-39-51(9)21-19-41(49(5,6)38(51)18-22-53(39,52)11)66-46(62)36-26-35(45(60)61)48(36,3)4/h12-15,30,33-36,38-41,58H,16-29H2,1-11H3,(H,55,63)(H,56,59)(H,60,61)/t33-,34-,35+,36-,38+,39-,40+,41+,51+,52-,53-,54+/m1/s1. The summed E-state index contributed by atoms with van der Waals surface area (Å²) in [7, 11) is 0. The summed E-state index contributed by atoms with van der Waals surface area (Å²) in [5, 5.41) is 28.0. The molecule has 1 heterocycles. The summed E-state index contributed by atoms with van der Waals surface area (Å²) in [5.74, 6) is -1.29. The minimum absolute atomic E-state index is 0.00153. The molecule has 0 radical (unpaired) electrons. The summed E-state index contributed by atoms with van der Waals surface area (Å²) in [6, 6.07) is 6.84.